The van der Waals surface area contributed by atoms with Gasteiger partial charge in [0.15, 0.2) is 0 Å². The quantitative estimate of drug-likeness (QED) is 0.658. The first kappa shape index (κ1) is 14.2. The molecule has 0 radical (unpaired) electrons. The van der Waals surface area contributed by atoms with Gasteiger partial charge in [0.25, 0.3) is 5.69 Å². The molecule has 0 fully saturated rings. The van der Waals surface area contributed by atoms with Gasteiger partial charge in [-0.1, -0.05) is 11.6 Å². The number of amides is 1. The molecule has 0 unspecified atom stereocenters. The predicted molar refractivity (Wildman–Crippen MR) is 69.9 cm³/mol. The lowest BCUT2D eigenvalue weighted by molar-refractivity contribution is -0.383. The van der Waals surface area contributed by atoms with Crippen LogP contribution in [0.5, 0.6) is 0 Å². The summed E-state index contributed by atoms with van der Waals surface area (Å²) in [6.45, 7) is 2.42. The van der Waals surface area contributed by atoms with Gasteiger partial charge in [-0.05, 0) is 19.1 Å². The Balaban J connectivity index is 2.81. The number of hydrogen-bond acceptors (Lipinski definition) is 4. The van der Waals surface area contributed by atoms with Crippen LogP contribution in [0.3, 0.4) is 0 Å². The summed E-state index contributed by atoms with van der Waals surface area (Å²) in [5, 5.41) is 13.9. The Morgan fingerprint density at radius 3 is 2.78 bits per heavy atom. The maximum Gasteiger partial charge on any atom is 0.292 e. The number of benzene rings is 1. The third kappa shape index (κ3) is 3.59. The standard InChI is InChI=1S/C11H14ClN3O3/c1-3-14(2)11(16)7-13-9-6-8(12)4-5-10(9)15(17)18/h4-6,13H,3,7H2,1-2H3. The van der Waals surface area contributed by atoms with Crippen LogP contribution in [0.1, 0.15) is 6.92 Å². The van der Waals surface area contributed by atoms with Crippen molar-refractivity contribution >= 4 is 28.9 Å². The van der Waals surface area contributed by atoms with Gasteiger partial charge in [0.05, 0.1) is 11.5 Å². The molecule has 0 aliphatic carbocycles. The van der Waals surface area contributed by atoms with E-state index in [1.807, 2.05) is 6.92 Å². The van der Waals surface area contributed by atoms with Gasteiger partial charge in [0.1, 0.15) is 5.69 Å². The van der Waals surface area contributed by atoms with Gasteiger partial charge in [-0.2, -0.15) is 0 Å². The third-order valence-electron chi connectivity index (χ3n) is 2.49. The molecule has 0 heterocycles. The van der Waals surface area contributed by atoms with Crippen LogP contribution in [-0.4, -0.2) is 35.9 Å². The first-order valence-electron chi connectivity index (χ1n) is 5.37. The molecule has 1 N–H and O–H groups in total. The second-order valence-electron chi connectivity index (χ2n) is 3.68. The second kappa shape index (κ2) is 6.20. The zero-order chi connectivity index (χ0) is 13.7. The van der Waals surface area contributed by atoms with E-state index in [1.54, 1.807) is 7.05 Å². The van der Waals surface area contributed by atoms with Crippen LogP contribution in [0, 0.1) is 10.1 Å². The summed E-state index contributed by atoms with van der Waals surface area (Å²) < 4.78 is 0. The van der Waals surface area contributed by atoms with Crippen molar-refractivity contribution in [2.24, 2.45) is 0 Å². The summed E-state index contributed by atoms with van der Waals surface area (Å²) >= 11 is 5.77. The van der Waals surface area contributed by atoms with Crippen LogP contribution < -0.4 is 5.32 Å². The van der Waals surface area contributed by atoms with E-state index in [-0.39, 0.29) is 23.8 Å². The minimum atomic E-state index is -0.521. The molecule has 0 atom stereocenters. The van der Waals surface area contributed by atoms with Crippen molar-refractivity contribution < 1.29 is 9.72 Å². The SMILES string of the molecule is CCN(C)C(=O)CNc1cc(Cl)ccc1[N+](=O)[O-]. The van der Waals surface area contributed by atoms with Gasteiger partial charge < -0.3 is 10.2 Å². The maximum absolute atomic E-state index is 11.6. The molecule has 0 saturated heterocycles. The van der Waals surface area contributed by atoms with Gasteiger partial charge in [-0.25, -0.2) is 0 Å². The third-order valence-corrected chi connectivity index (χ3v) is 2.72. The Labute approximate surface area is 110 Å². The van der Waals surface area contributed by atoms with Gasteiger partial charge in [0, 0.05) is 24.7 Å². The lowest BCUT2D eigenvalue weighted by Crippen LogP contribution is -2.31. The number of carbonyl (C=O) groups is 1. The number of nitrogens with one attached hydrogen (secondary N) is 1. The molecule has 0 saturated carbocycles. The molecule has 0 aliphatic heterocycles. The molecule has 1 amide bonds. The summed E-state index contributed by atoms with van der Waals surface area (Å²) in [6.07, 6.45) is 0. The molecular formula is C11H14ClN3O3. The van der Waals surface area contributed by atoms with Gasteiger partial charge in [-0.15, -0.1) is 0 Å². The molecule has 18 heavy (non-hydrogen) atoms. The topological polar surface area (TPSA) is 75.5 Å². The largest absolute Gasteiger partial charge is 0.371 e. The number of nitrogens with zero attached hydrogens (tertiary/aromatic N) is 2. The van der Waals surface area contributed by atoms with Crippen LogP contribution in [0.2, 0.25) is 5.02 Å². The molecular weight excluding hydrogens is 258 g/mol. The zero-order valence-electron chi connectivity index (χ0n) is 10.1. The normalized spacial score (nSPS) is 9.94. The van der Waals surface area contributed by atoms with Crippen molar-refractivity contribution in [3.63, 3.8) is 0 Å². The fraction of sp³-hybridized carbons (Fsp3) is 0.364. The van der Waals surface area contributed by atoms with Crippen LogP contribution in [0.25, 0.3) is 0 Å². The number of halogens is 1. The predicted octanol–water partition coefficient (Wildman–Crippen LogP) is 2.14. The molecule has 1 rings (SSSR count). The average Bonchev–Trinajstić information content (AvgIpc) is 2.34. The maximum atomic E-state index is 11.6. The number of hydrogen-bond donors (Lipinski definition) is 1. The number of carbonyl (C=O) groups excluding carboxylic acids is 1. The summed E-state index contributed by atoms with van der Waals surface area (Å²) in [7, 11) is 1.66. The summed E-state index contributed by atoms with van der Waals surface area (Å²) in [4.78, 5) is 23.4. The number of anilines is 1. The molecule has 0 aromatic heterocycles. The molecule has 1 aromatic carbocycles. The van der Waals surface area contributed by atoms with E-state index in [0.29, 0.717) is 11.6 Å². The van der Waals surface area contributed by atoms with Gasteiger partial charge >= 0.3 is 0 Å². The Kier molecular flexibility index (Phi) is 4.91. The van der Waals surface area contributed by atoms with E-state index >= 15 is 0 Å². The first-order chi connectivity index (χ1) is 8.45. The highest BCUT2D eigenvalue weighted by Gasteiger charge is 2.15. The Bertz CT molecular complexity index is 465. The van der Waals surface area contributed by atoms with E-state index in [1.165, 1.54) is 23.1 Å². The molecule has 0 spiro atoms. The van der Waals surface area contributed by atoms with Gasteiger partial charge in [-0.3, -0.25) is 14.9 Å². The molecule has 6 nitrogen and oxygen atoms in total. The minimum absolute atomic E-state index is 0.00841. The van der Waals surface area contributed by atoms with E-state index in [4.69, 9.17) is 11.6 Å². The number of nitro benzene ring substituents is 1. The first-order valence-corrected chi connectivity index (χ1v) is 5.75. The molecule has 1 aromatic rings. The van der Waals surface area contributed by atoms with Crippen LogP contribution in [0.15, 0.2) is 18.2 Å². The number of likely N-dealkylation sites (N-methyl/N-ethyl adjacent to an activating group) is 1. The molecule has 7 heteroatoms. The number of rotatable bonds is 5. The second-order valence-corrected chi connectivity index (χ2v) is 4.12. The number of nitro groups is 1. The lowest BCUT2D eigenvalue weighted by atomic mass is 10.2. The average molecular weight is 272 g/mol. The monoisotopic (exact) mass is 271 g/mol. The van der Waals surface area contributed by atoms with Crippen molar-refractivity contribution in [1.82, 2.24) is 4.90 Å². The van der Waals surface area contributed by atoms with Crippen LogP contribution in [-0.2, 0) is 4.79 Å². The minimum Gasteiger partial charge on any atom is -0.371 e. The lowest BCUT2D eigenvalue weighted by Gasteiger charge is -2.15. The van der Waals surface area contributed by atoms with E-state index < -0.39 is 4.92 Å². The summed E-state index contributed by atoms with van der Waals surface area (Å²) in [5.74, 6) is -0.147. The smallest absolute Gasteiger partial charge is 0.292 e. The fourth-order valence-corrected chi connectivity index (χ4v) is 1.46. The van der Waals surface area contributed by atoms with Crippen molar-refractivity contribution in [2.45, 2.75) is 6.92 Å². The van der Waals surface area contributed by atoms with Gasteiger partial charge in [0.2, 0.25) is 5.91 Å². The Hall–Kier alpha value is -1.82. The van der Waals surface area contributed by atoms with E-state index in [0.717, 1.165) is 0 Å². The Morgan fingerprint density at radius 2 is 2.22 bits per heavy atom. The molecule has 0 aliphatic rings. The Morgan fingerprint density at radius 1 is 1.56 bits per heavy atom. The highest BCUT2D eigenvalue weighted by Crippen LogP contribution is 2.27. The summed E-state index contributed by atoms with van der Waals surface area (Å²) in [5.41, 5.74) is 0.136. The highest BCUT2D eigenvalue weighted by atomic mass is 35.5. The molecule has 98 valence electrons. The van der Waals surface area contributed by atoms with E-state index in [9.17, 15) is 14.9 Å². The fourth-order valence-electron chi connectivity index (χ4n) is 1.29. The van der Waals surface area contributed by atoms with Crippen molar-refractivity contribution in [1.29, 1.82) is 0 Å². The van der Waals surface area contributed by atoms with Crippen LogP contribution in [0.4, 0.5) is 11.4 Å². The van der Waals surface area contributed by atoms with Crippen molar-refractivity contribution in [3.05, 3.63) is 33.3 Å². The zero-order valence-corrected chi connectivity index (χ0v) is 10.9. The van der Waals surface area contributed by atoms with Crippen LogP contribution >= 0.6 is 11.6 Å². The summed E-state index contributed by atoms with van der Waals surface area (Å²) in [6, 6.07) is 4.17. The van der Waals surface area contributed by atoms with Crippen molar-refractivity contribution in [3.8, 4) is 0 Å². The van der Waals surface area contributed by atoms with Crippen molar-refractivity contribution in [2.75, 3.05) is 25.5 Å². The van der Waals surface area contributed by atoms with E-state index in [2.05, 4.69) is 5.32 Å². The highest BCUT2D eigenvalue weighted by molar-refractivity contribution is 6.31. The molecule has 0 bridgehead atoms.